The van der Waals surface area contributed by atoms with Crippen molar-refractivity contribution in [2.75, 3.05) is 0 Å². The van der Waals surface area contributed by atoms with E-state index in [1.807, 2.05) is 0 Å². The summed E-state index contributed by atoms with van der Waals surface area (Å²) in [6.07, 6.45) is -6.08. The van der Waals surface area contributed by atoms with E-state index >= 15 is 0 Å². The summed E-state index contributed by atoms with van der Waals surface area (Å²) in [5.41, 5.74) is -0.748. The van der Waals surface area contributed by atoms with Crippen molar-refractivity contribution in [3.05, 3.63) is 62.3 Å². The Morgan fingerprint density at radius 2 is 1.78 bits per heavy atom. The molecule has 1 N–H and O–H groups in total. The lowest BCUT2D eigenvalue weighted by Crippen LogP contribution is -2.24. The van der Waals surface area contributed by atoms with Crippen molar-refractivity contribution in [1.29, 1.82) is 0 Å². The fourth-order valence-electron chi connectivity index (χ4n) is 3.32. The van der Waals surface area contributed by atoms with Gasteiger partial charge in [-0.1, -0.05) is 23.2 Å². The fraction of sp³-hybridized carbons (Fsp3) is 0.364. The predicted octanol–water partition coefficient (Wildman–Crippen LogP) is 6.47. The molecular weight excluding hydrogens is 468 g/mol. The molecule has 0 amide bonds. The van der Waals surface area contributed by atoms with Crippen LogP contribution in [0.4, 0.5) is 13.2 Å². The number of hydrogen-bond donors (Lipinski definition) is 1. The number of alkyl halides is 3. The second-order valence-corrected chi connectivity index (χ2v) is 9.20. The Bertz CT molecular complexity index is 1210. The molecule has 1 unspecified atom stereocenters. The third-order valence-electron chi connectivity index (χ3n) is 4.80. The van der Waals surface area contributed by atoms with Crippen molar-refractivity contribution in [2.24, 2.45) is 0 Å². The number of aromatic nitrogens is 2. The average molecular weight is 489 g/mol. The van der Waals surface area contributed by atoms with Gasteiger partial charge >= 0.3 is 12.1 Å². The zero-order valence-electron chi connectivity index (χ0n) is 17.9. The van der Waals surface area contributed by atoms with Crippen LogP contribution in [0, 0.1) is 13.8 Å². The number of nitrogens with zero attached hydrogens (tertiary/aromatic N) is 2. The number of aliphatic hydroxyl groups is 1. The van der Waals surface area contributed by atoms with Crippen molar-refractivity contribution in [3.8, 4) is 0 Å². The van der Waals surface area contributed by atoms with Crippen LogP contribution in [0.1, 0.15) is 59.7 Å². The van der Waals surface area contributed by atoms with Crippen LogP contribution in [0.5, 0.6) is 0 Å². The summed E-state index contributed by atoms with van der Waals surface area (Å²) in [4.78, 5) is 12.5. The molecule has 1 aromatic heterocycles. The van der Waals surface area contributed by atoms with E-state index in [0.29, 0.717) is 11.1 Å². The van der Waals surface area contributed by atoms with Gasteiger partial charge in [0.15, 0.2) is 6.23 Å². The number of aliphatic hydroxyl groups excluding tert-OH is 1. The molecule has 0 aliphatic heterocycles. The Morgan fingerprint density at radius 1 is 1.16 bits per heavy atom. The first-order valence-electron chi connectivity index (χ1n) is 9.57. The van der Waals surface area contributed by atoms with Gasteiger partial charge in [0.05, 0.1) is 21.7 Å². The van der Waals surface area contributed by atoms with Crippen molar-refractivity contribution >= 4 is 40.1 Å². The van der Waals surface area contributed by atoms with Crippen molar-refractivity contribution in [1.82, 2.24) is 9.78 Å². The number of aryl methyl sites for hydroxylation is 2. The van der Waals surface area contributed by atoms with Crippen molar-refractivity contribution in [2.45, 2.75) is 52.6 Å². The summed E-state index contributed by atoms with van der Waals surface area (Å²) in [5, 5.41) is 15.5. The zero-order chi connectivity index (χ0) is 24.2. The summed E-state index contributed by atoms with van der Waals surface area (Å²) >= 11 is 12.7. The van der Waals surface area contributed by atoms with Crippen LogP contribution in [0.15, 0.2) is 24.3 Å². The molecule has 1 atom stereocenters. The summed E-state index contributed by atoms with van der Waals surface area (Å²) in [6, 6.07) is 4.74. The van der Waals surface area contributed by atoms with E-state index in [0.717, 1.165) is 16.8 Å². The highest BCUT2D eigenvalue weighted by atomic mass is 35.5. The number of fused-ring (bicyclic) bond motifs is 1. The van der Waals surface area contributed by atoms with Gasteiger partial charge in [-0.25, -0.2) is 9.48 Å². The van der Waals surface area contributed by atoms with Crippen LogP contribution in [0.25, 0.3) is 10.9 Å². The van der Waals surface area contributed by atoms with Gasteiger partial charge in [0.25, 0.3) is 0 Å². The number of carbonyl (C=O) groups excluding carboxylic acids is 1. The Kier molecular flexibility index (Phi) is 6.27. The maximum absolute atomic E-state index is 13.2. The van der Waals surface area contributed by atoms with Crippen LogP contribution in [0.3, 0.4) is 0 Å². The van der Waals surface area contributed by atoms with Crippen molar-refractivity contribution < 1.29 is 27.8 Å². The highest BCUT2D eigenvalue weighted by Gasteiger charge is 2.33. The van der Waals surface area contributed by atoms with E-state index in [-0.39, 0.29) is 32.3 Å². The summed E-state index contributed by atoms with van der Waals surface area (Å²) in [7, 11) is 0. The van der Waals surface area contributed by atoms with Crippen LogP contribution in [-0.4, -0.2) is 26.5 Å². The molecular formula is C22H21Cl2F3N2O3. The highest BCUT2D eigenvalue weighted by Crippen LogP contribution is 2.38. The van der Waals surface area contributed by atoms with Crippen LogP contribution < -0.4 is 0 Å². The minimum atomic E-state index is -4.53. The second kappa shape index (κ2) is 8.24. The van der Waals surface area contributed by atoms with Crippen LogP contribution >= 0.6 is 23.2 Å². The lowest BCUT2D eigenvalue weighted by atomic mass is 10.1. The number of hydrogen-bond acceptors (Lipinski definition) is 4. The van der Waals surface area contributed by atoms with Gasteiger partial charge < -0.3 is 9.84 Å². The van der Waals surface area contributed by atoms with E-state index in [1.54, 1.807) is 20.8 Å². The number of halogens is 5. The van der Waals surface area contributed by atoms with Gasteiger partial charge in [-0.2, -0.15) is 18.3 Å². The van der Waals surface area contributed by atoms with E-state index in [2.05, 4.69) is 5.10 Å². The SMILES string of the molecule is Cc1cc(C(F)(F)F)cc2c(C)n(C(O)c3c(Cl)ccc(C(=O)OC(C)(C)C)c3Cl)nc12. The molecule has 5 nitrogen and oxygen atoms in total. The number of benzene rings is 2. The summed E-state index contributed by atoms with van der Waals surface area (Å²) < 4.78 is 46.2. The Hall–Kier alpha value is -2.29. The topological polar surface area (TPSA) is 64.4 Å². The largest absolute Gasteiger partial charge is 0.456 e. The number of carbonyl (C=O) groups is 1. The van der Waals surface area contributed by atoms with Crippen LogP contribution in [0.2, 0.25) is 10.0 Å². The maximum Gasteiger partial charge on any atom is 0.416 e. The molecule has 0 saturated heterocycles. The maximum atomic E-state index is 13.2. The molecule has 10 heteroatoms. The fourth-order valence-corrected chi connectivity index (χ4v) is 3.96. The van der Waals surface area contributed by atoms with Crippen LogP contribution in [-0.2, 0) is 10.9 Å². The third-order valence-corrected chi connectivity index (χ3v) is 5.54. The average Bonchev–Trinajstić information content (AvgIpc) is 2.97. The van der Waals surface area contributed by atoms with Gasteiger partial charge in [0, 0.05) is 21.7 Å². The third kappa shape index (κ3) is 4.58. The first kappa shape index (κ1) is 24.4. The minimum Gasteiger partial charge on any atom is -0.456 e. The van der Waals surface area contributed by atoms with Gasteiger partial charge in [-0.3, -0.25) is 0 Å². The smallest absolute Gasteiger partial charge is 0.416 e. The monoisotopic (exact) mass is 488 g/mol. The molecule has 0 aliphatic carbocycles. The molecule has 32 heavy (non-hydrogen) atoms. The molecule has 0 aliphatic rings. The first-order chi connectivity index (χ1) is 14.6. The van der Waals surface area contributed by atoms with E-state index in [4.69, 9.17) is 27.9 Å². The van der Waals surface area contributed by atoms with Gasteiger partial charge in [-0.05, 0) is 64.4 Å². The molecule has 1 heterocycles. The van der Waals surface area contributed by atoms with E-state index in [1.165, 1.54) is 26.0 Å². The molecule has 3 rings (SSSR count). The molecule has 0 fully saturated rings. The minimum absolute atomic E-state index is 0.00931. The summed E-state index contributed by atoms with van der Waals surface area (Å²) in [5.74, 6) is -0.708. The number of esters is 1. The molecule has 0 spiro atoms. The Balaban J connectivity index is 2.14. The molecule has 0 radical (unpaired) electrons. The van der Waals surface area contributed by atoms with Gasteiger partial charge in [-0.15, -0.1) is 0 Å². The van der Waals surface area contributed by atoms with Gasteiger partial charge in [0.1, 0.15) is 5.60 Å². The Labute approximate surface area is 192 Å². The summed E-state index contributed by atoms with van der Waals surface area (Å²) in [6.45, 7) is 8.11. The predicted molar refractivity (Wildman–Crippen MR) is 116 cm³/mol. The molecule has 2 aromatic carbocycles. The first-order valence-corrected chi connectivity index (χ1v) is 10.3. The van der Waals surface area contributed by atoms with Gasteiger partial charge in [0.2, 0.25) is 0 Å². The zero-order valence-corrected chi connectivity index (χ0v) is 19.4. The lowest BCUT2D eigenvalue weighted by Gasteiger charge is -2.22. The molecule has 3 aromatic rings. The molecule has 172 valence electrons. The van der Waals surface area contributed by atoms with E-state index < -0.39 is 29.5 Å². The molecule has 0 saturated carbocycles. The highest BCUT2D eigenvalue weighted by molar-refractivity contribution is 6.38. The molecule has 0 bridgehead atoms. The standard InChI is InChI=1S/C22H21Cl2F3N2O3/c1-10-8-12(22(25,26)27)9-14-11(2)29(28-18(10)14)19(30)16-15(23)7-6-13(17(16)24)20(31)32-21(3,4)5/h6-9,19,30H,1-5H3. The Morgan fingerprint density at radius 3 is 2.34 bits per heavy atom. The number of ether oxygens (including phenoxy) is 1. The number of rotatable bonds is 3. The lowest BCUT2D eigenvalue weighted by molar-refractivity contribution is -0.137. The van der Waals surface area contributed by atoms with E-state index in [9.17, 15) is 23.1 Å². The normalized spacial score (nSPS) is 13.5. The second-order valence-electron chi connectivity index (χ2n) is 8.42. The quantitative estimate of drug-likeness (QED) is 0.428. The van der Waals surface area contributed by atoms with Crippen molar-refractivity contribution in [3.63, 3.8) is 0 Å².